The first-order valence-corrected chi connectivity index (χ1v) is 7.61. The molecule has 0 fully saturated rings. The smallest absolute Gasteiger partial charge is 0.225 e. The first-order valence-electron chi connectivity index (χ1n) is 7.61. The predicted molar refractivity (Wildman–Crippen MR) is 88.0 cm³/mol. The van der Waals surface area contributed by atoms with Gasteiger partial charge in [0.05, 0.1) is 18.2 Å². The third-order valence-electron chi connectivity index (χ3n) is 3.76. The second-order valence-corrected chi connectivity index (χ2v) is 5.49. The Labute approximate surface area is 139 Å². The van der Waals surface area contributed by atoms with Gasteiger partial charge in [0.25, 0.3) is 0 Å². The Morgan fingerprint density at radius 2 is 1.96 bits per heavy atom. The van der Waals surface area contributed by atoms with E-state index in [2.05, 4.69) is 15.4 Å². The molecule has 3 aromatic rings. The molecular weight excluding hydrogens is 307 g/mol. The predicted octanol–water partition coefficient (Wildman–Crippen LogP) is 2.83. The van der Waals surface area contributed by atoms with E-state index in [1.54, 1.807) is 29.2 Å². The van der Waals surface area contributed by atoms with Crippen LogP contribution in [0.25, 0.3) is 5.69 Å². The highest BCUT2D eigenvalue weighted by atomic mass is 19.1. The molecule has 0 aliphatic carbocycles. The van der Waals surface area contributed by atoms with Crippen molar-refractivity contribution in [2.75, 3.05) is 0 Å². The number of amides is 1. The number of aromatic nitrogens is 3. The van der Waals surface area contributed by atoms with E-state index in [1.165, 1.54) is 12.4 Å². The zero-order valence-corrected chi connectivity index (χ0v) is 13.2. The van der Waals surface area contributed by atoms with Gasteiger partial charge in [-0.2, -0.15) is 5.10 Å². The number of hydrogen-bond donors (Lipinski definition) is 1. The standard InChI is InChI=1S/C18H17FN4O/c1-13(22-18(24)10-15-4-2-3-5-17(15)19)14-6-8-16(9-7-14)23-12-20-11-21-23/h2-9,11-13H,10H2,1H3,(H,22,24)/t13-/m1/s1. The number of nitrogens with one attached hydrogen (secondary N) is 1. The molecule has 3 rings (SSSR count). The molecule has 1 atom stereocenters. The van der Waals surface area contributed by atoms with Gasteiger partial charge in [0.1, 0.15) is 18.5 Å². The minimum Gasteiger partial charge on any atom is -0.349 e. The fraction of sp³-hybridized carbons (Fsp3) is 0.167. The number of hydrogen-bond acceptors (Lipinski definition) is 3. The molecule has 0 bridgehead atoms. The lowest BCUT2D eigenvalue weighted by molar-refractivity contribution is -0.121. The molecule has 2 aromatic carbocycles. The van der Waals surface area contributed by atoms with Gasteiger partial charge in [0.15, 0.2) is 0 Å². The Balaban J connectivity index is 1.63. The maximum atomic E-state index is 13.6. The van der Waals surface area contributed by atoms with Crippen molar-refractivity contribution in [2.24, 2.45) is 0 Å². The molecule has 1 N–H and O–H groups in total. The summed E-state index contributed by atoms with van der Waals surface area (Å²) in [5, 5.41) is 6.95. The van der Waals surface area contributed by atoms with Crippen molar-refractivity contribution < 1.29 is 9.18 Å². The van der Waals surface area contributed by atoms with Gasteiger partial charge in [0.2, 0.25) is 5.91 Å². The van der Waals surface area contributed by atoms with E-state index in [1.807, 2.05) is 31.2 Å². The van der Waals surface area contributed by atoms with Gasteiger partial charge >= 0.3 is 0 Å². The highest BCUT2D eigenvalue weighted by molar-refractivity contribution is 5.79. The second-order valence-electron chi connectivity index (χ2n) is 5.49. The largest absolute Gasteiger partial charge is 0.349 e. The monoisotopic (exact) mass is 324 g/mol. The topological polar surface area (TPSA) is 59.8 Å². The van der Waals surface area contributed by atoms with Crippen LogP contribution in [0.5, 0.6) is 0 Å². The van der Waals surface area contributed by atoms with Gasteiger partial charge in [-0.25, -0.2) is 14.1 Å². The lowest BCUT2D eigenvalue weighted by Gasteiger charge is -2.15. The van der Waals surface area contributed by atoms with Crippen molar-refractivity contribution in [3.8, 4) is 5.69 Å². The third kappa shape index (κ3) is 3.65. The van der Waals surface area contributed by atoms with Crippen LogP contribution in [-0.4, -0.2) is 20.7 Å². The summed E-state index contributed by atoms with van der Waals surface area (Å²) in [6.07, 6.45) is 3.11. The van der Waals surface area contributed by atoms with Crippen LogP contribution in [0.15, 0.2) is 61.2 Å². The average molecular weight is 324 g/mol. The Bertz CT molecular complexity index is 815. The number of halogens is 1. The molecule has 0 unspecified atom stereocenters. The van der Waals surface area contributed by atoms with E-state index < -0.39 is 0 Å². The normalized spacial score (nSPS) is 11.9. The van der Waals surface area contributed by atoms with Crippen LogP contribution in [0, 0.1) is 5.82 Å². The van der Waals surface area contributed by atoms with Crippen molar-refractivity contribution >= 4 is 5.91 Å². The average Bonchev–Trinajstić information content (AvgIpc) is 3.11. The minimum absolute atomic E-state index is 0.0219. The van der Waals surface area contributed by atoms with E-state index in [9.17, 15) is 9.18 Å². The van der Waals surface area contributed by atoms with Gasteiger partial charge in [-0.05, 0) is 36.2 Å². The van der Waals surface area contributed by atoms with E-state index in [0.29, 0.717) is 5.56 Å². The molecule has 0 radical (unpaired) electrons. The van der Waals surface area contributed by atoms with E-state index in [0.717, 1.165) is 11.3 Å². The third-order valence-corrected chi connectivity index (χ3v) is 3.76. The van der Waals surface area contributed by atoms with Gasteiger partial charge in [-0.1, -0.05) is 30.3 Å². The summed E-state index contributed by atoms with van der Waals surface area (Å²) >= 11 is 0. The van der Waals surface area contributed by atoms with Crippen molar-refractivity contribution in [2.45, 2.75) is 19.4 Å². The lowest BCUT2D eigenvalue weighted by atomic mass is 10.1. The molecular formula is C18H17FN4O. The molecule has 0 aliphatic rings. The van der Waals surface area contributed by atoms with Crippen LogP contribution >= 0.6 is 0 Å². The molecule has 0 saturated carbocycles. The van der Waals surface area contributed by atoms with Crippen LogP contribution < -0.4 is 5.32 Å². The van der Waals surface area contributed by atoms with Crippen LogP contribution in [-0.2, 0) is 11.2 Å². The molecule has 1 aromatic heterocycles. The highest BCUT2D eigenvalue weighted by Crippen LogP contribution is 2.16. The molecule has 1 amide bonds. The first kappa shape index (κ1) is 15.9. The van der Waals surface area contributed by atoms with Crippen LogP contribution in [0.3, 0.4) is 0 Å². The Kier molecular flexibility index (Phi) is 4.65. The molecule has 6 heteroatoms. The number of carbonyl (C=O) groups is 1. The molecule has 122 valence electrons. The van der Waals surface area contributed by atoms with E-state index >= 15 is 0 Å². The number of nitrogens with zero attached hydrogens (tertiary/aromatic N) is 3. The zero-order chi connectivity index (χ0) is 16.9. The zero-order valence-electron chi connectivity index (χ0n) is 13.2. The molecule has 0 spiro atoms. The second kappa shape index (κ2) is 7.04. The fourth-order valence-corrected chi connectivity index (χ4v) is 2.45. The first-order chi connectivity index (χ1) is 11.6. The number of benzene rings is 2. The van der Waals surface area contributed by atoms with Crippen molar-refractivity contribution in [1.29, 1.82) is 0 Å². The summed E-state index contributed by atoms with van der Waals surface area (Å²) in [7, 11) is 0. The van der Waals surface area contributed by atoms with E-state index in [4.69, 9.17) is 0 Å². The summed E-state index contributed by atoms with van der Waals surface area (Å²) in [5.41, 5.74) is 2.24. The number of carbonyl (C=O) groups excluding carboxylic acids is 1. The van der Waals surface area contributed by atoms with Gasteiger partial charge in [-0.15, -0.1) is 0 Å². The summed E-state index contributed by atoms with van der Waals surface area (Å²) in [6.45, 7) is 1.89. The molecule has 0 aliphatic heterocycles. The Hall–Kier alpha value is -3.02. The lowest BCUT2D eigenvalue weighted by Crippen LogP contribution is -2.28. The molecule has 0 saturated heterocycles. The van der Waals surface area contributed by atoms with Crippen molar-refractivity contribution in [1.82, 2.24) is 20.1 Å². The highest BCUT2D eigenvalue weighted by Gasteiger charge is 2.12. The molecule has 1 heterocycles. The quantitative estimate of drug-likeness (QED) is 0.785. The Morgan fingerprint density at radius 1 is 1.21 bits per heavy atom. The van der Waals surface area contributed by atoms with Crippen LogP contribution in [0.1, 0.15) is 24.1 Å². The minimum atomic E-state index is -0.363. The maximum absolute atomic E-state index is 13.6. The number of rotatable bonds is 5. The summed E-state index contributed by atoms with van der Waals surface area (Å²) in [4.78, 5) is 16.0. The fourth-order valence-electron chi connectivity index (χ4n) is 2.45. The summed E-state index contributed by atoms with van der Waals surface area (Å²) in [6, 6.07) is 13.8. The van der Waals surface area contributed by atoms with Crippen molar-refractivity contribution in [3.63, 3.8) is 0 Å². The van der Waals surface area contributed by atoms with Crippen LogP contribution in [0.4, 0.5) is 4.39 Å². The maximum Gasteiger partial charge on any atom is 0.225 e. The summed E-state index contributed by atoms with van der Waals surface area (Å²) in [5.74, 6) is -0.578. The van der Waals surface area contributed by atoms with Gasteiger partial charge in [-0.3, -0.25) is 4.79 Å². The van der Waals surface area contributed by atoms with Gasteiger partial charge < -0.3 is 5.32 Å². The van der Waals surface area contributed by atoms with Gasteiger partial charge in [0, 0.05) is 0 Å². The molecule has 5 nitrogen and oxygen atoms in total. The molecule has 24 heavy (non-hydrogen) atoms. The van der Waals surface area contributed by atoms with E-state index in [-0.39, 0.29) is 24.2 Å². The summed E-state index contributed by atoms with van der Waals surface area (Å²) < 4.78 is 15.3. The van der Waals surface area contributed by atoms with Crippen LogP contribution in [0.2, 0.25) is 0 Å². The van der Waals surface area contributed by atoms with Crippen molar-refractivity contribution in [3.05, 3.63) is 78.1 Å². The SMILES string of the molecule is C[C@@H](NC(=O)Cc1ccccc1F)c1ccc(-n2cncn2)cc1. The Morgan fingerprint density at radius 3 is 2.62 bits per heavy atom.